The minimum atomic E-state index is -0.455. The second-order valence-electron chi connectivity index (χ2n) is 7.07. The van der Waals surface area contributed by atoms with Crippen LogP contribution in [0.1, 0.15) is 13.8 Å². The third-order valence-corrected chi connectivity index (χ3v) is 5.07. The fraction of sp³-hybridized carbons (Fsp3) is 0.250. The maximum atomic E-state index is 12.8. The summed E-state index contributed by atoms with van der Waals surface area (Å²) in [5.41, 5.74) is 1.43. The molecule has 0 aromatic heterocycles. The zero-order chi connectivity index (χ0) is 21.5. The van der Waals surface area contributed by atoms with Gasteiger partial charge in [0.25, 0.3) is 0 Å². The average molecular weight is 405 g/mol. The van der Waals surface area contributed by atoms with E-state index in [2.05, 4.69) is 10.6 Å². The topological polar surface area (TPSA) is 70.7 Å². The monoisotopic (exact) mass is 405 g/mol. The van der Waals surface area contributed by atoms with Crippen LogP contribution in [0.4, 0.5) is 11.4 Å². The molecule has 6 heteroatoms. The van der Waals surface area contributed by atoms with Gasteiger partial charge in [-0.1, -0.05) is 37.3 Å². The Labute approximate surface area is 176 Å². The lowest BCUT2D eigenvalue weighted by atomic mass is 10.1. The Hall–Kier alpha value is -3.38. The highest BCUT2D eigenvalue weighted by atomic mass is 16.5. The van der Waals surface area contributed by atoms with E-state index >= 15 is 0 Å². The number of likely N-dealkylation sites (N-methyl/N-ethyl adjacent to an activating group) is 1. The fourth-order valence-corrected chi connectivity index (χ4v) is 3.26. The molecule has 30 heavy (non-hydrogen) atoms. The molecule has 0 fully saturated rings. The molecular formula is C24H27N3O3. The van der Waals surface area contributed by atoms with Gasteiger partial charge >= 0.3 is 0 Å². The van der Waals surface area contributed by atoms with Gasteiger partial charge in [0.05, 0.1) is 19.7 Å². The van der Waals surface area contributed by atoms with Crippen molar-refractivity contribution in [3.05, 3.63) is 66.7 Å². The summed E-state index contributed by atoms with van der Waals surface area (Å²) in [5, 5.41) is 8.00. The van der Waals surface area contributed by atoms with Crippen LogP contribution in [0.2, 0.25) is 0 Å². The van der Waals surface area contributed by atoms with Crippen LogP contribution < -0.4 is 15.4 Å². The zero-order valence-electron chi connectivity index (χ0n) is 17.5. The number of hydrogen-bond donors (Lipinski definition) is 2. The lowest BCUT2D eigenvalue weighted by Gasteiger charge is -2.26. The Morgan fingerprint density at radius 2 is 1.60 bits per heavy atom. The molecule has 0 unspecified atom stereocenters. The lowest BCUT2D eigenvalue weighted by molar-refractivity contribution is -0.123. The standard InChI is InChI=1S/C24H27N3O3/c1-4-27(16-23(28)25-20-11-13-22(30-3)14-12-20)17(2)24(29)26-21-10-9-18-7-5-6-8-19(18)15-21/h5-15,17H,4,16H2,1-3H3,(H,25,28)(H,26,29)/t17-/m0/s1. The normalized spacial score (nSPS) is 11.9. The molecule has 0 aliphatic rings. The number of nitrogens with zero attached hydrogens (tertiary/aromatic N) is 1. The first-order chi connectivity index (χ1) is 14.5. The lowest BCUT2D eigenvalue weighted by Crippen LogP contribution is -2.45. The number of nitrogens with one attached hydrogen (secondary N) is 2. The second-order valence-corrected chi connectivity index (χ2v) is 7.07. The smallest absolute Gasteiger partial charge is 0.241 e. The van der Waals surface area contributed by atoms with Gasteiger partial charge in [-0.3, -0.25) is 14.5 Å². The molecule has 2 amide bonds. The van der Waals surface area contributed by atoms with Gasteiger partial charge in [-0.25, -0.2) is 0 Å². The van der Waals surface area contributed by atoms with Crippen LogP contribution >= 0.6 is 0 Å². The van der Waals surface area contributed by atoms with Crippen molar-refractivity contribution in [3.8, 4) is 5.75 Å². The molecule has 2 N–H and O–H groups in total. The number of ether oxygens (including phenoxy) is 1. The number of rotatable bonds is 8. The molecule has 0 spiro atoms. The number of anilines is 2. The van der Waals surface area contributed by atoms with Crippen LogP contribution in [0.15, 0.2) is 66.7 Å². The summed E-state index contributed by atoms with van der Waals surface area (Å²) in [6, 6.07) is 20.5. The van der Waals surface area contributed by atoms with Crippen LogP contribution in [0.5, 0.6) is 5.75 Å². The number of fused-ring (bicyclic) bond motifs is 1. The Balaban J connectivity index is 1.59. The Bertz CT molecular complexity index is 1020. The van der Waals surface area contributed by atoms with Crippen molar-refractivity contribution in [1.29, 1.82) is 0 Å². The number of hydrogen-bond acceptors (Lipinski definition) is 4. The third-order valence-electron chi connectivity index (χ3n) is 5.07. The summed E-state index contributed by atoms with van der Waals surface area (Å²) in [7, 11) is 1.59. The first-order valence-corrected chi connectivity index (χ1v) is 9.97. The molecule has 0 radical (unpaired) electrons. The van der Waals surface area contributed by atoms with Crippen molar-refractivity contribution in [1.82, 2.24) is 4.90 Å². The van der Waals surface area contributed by atoms with Gasteiger partial charge in [-0.2, -0.15) is 0 Å². The largest absolute Gasteiger partial charge is 0.497 e. The molecule has 0 bridgehead atoms. The van der Waals surface area contributed by atoms with E-state index in [1.54, 1.807) is 38.3 Å². The van der Waals surface area contributed by atoms with Crippen molar-refractivity contribution < 1.29 is 14.3 Å². The molecule has 0 heterocycles. The van der Waals surface area contributed by atoms with E-state index < -0.39 is 6.04 Å². The van der Waals surface area contributed by atoms with E-state index in [0.29, 0.717) is 12.2 Å². The summed E-state index contributed by atoms with van der Waals surface area (Å²) in [6.45, 7) is 4.43. The van der Waals surface area contributed by atoms with Crippen molar-refractivity contribution in [2.45, 2.75) is 19.9 Å². The predicted octanol–water partition coefficient (Wildman–Crippen LogP) is 4.14. The van der Waals surface area contributed by atoms with E-state index in [1.807, 2.05) is 54.3 Å². The van der Waals surface area contributed by atoms with Gasteiger partial charge < -0.3 is 15.4 Å². The SMILES string of the molecule is CCN(CC(=O)Nc1ccc(OC)cc1)[C@@H](C)C(=O)Nc1ccc2ccccc2c1. The van der Waals surface area contributed by atoms with Crippen LogP contribution in [0, 0.1) is 0 Å². The van der Waals surface area contributed by atoms with Crippen molar-refractivity contribution in [2.75, 3.05) is 30.8 Å². The van der Waals surface area contributed by atoms with Crippen LogP contribution in [0.25, 0.3) is 10.8 Å². The molecule has 0 saturated carbocycles. The zero-order valence-corrected chi connectivity index (χ0v) is 17.5. The molecule has 6 nitrogen and oxygen atoms in total. The molecule has 0 aliphatic heterocycles. The van der Waals surface area contributed by atoms with Gasteiger partial charge in [-0.05, 0) is 60.6 Å². The number of methoxy groups -OCH3 is 1. The quantitative estimate of drug-likeness (QED) is 0.591. The number of carbonyl (C=O) groups is 2. The second kappa shape index (κ2) is 9.89. The van der Waals surface area contributed by atoms with E-state index in [1.165, 1.54) is 0 Å². The molecule has 156 valence electrons. The number of amides is 2. The predicted molar refractivity (Wildman–Crippen MR) is 121 cm³/mol. The molecule has 3 rings (SSSR count). The molecule has 0 aliphatic carbocycles. The third kappa shape index (κ3) is 5.36. The highest BCUT2D eigenvalue weighted by Crippen LogP contribution is 2.19. The summed E-state index contributed by atoms with van der Waals surface area (Å²) in [4.78, 5) is 27.0. The Morgan fingerprint density at radius 3 is 2.27 bits per heavy atom. The van der Waals surface area contributed by atoms with Gasteiger partial charge in [0.2, 0.25) is 11.8 Å². The van der Waals surface area contributed by atoms with Crippen LogP contribution in [-0.4, -0.2) is 43.0 Å². The van der Waals surface area contributed by atoms with Gasteiger partial charge in [0.15, 0.2) is 0 Å². The average Bonchev–Trinajstić information content (AvgIpc) is 2.77. The Morgan fingerprint density at radius 1 is 0.933 bits per heavy atom. The summed E-state index contributed by atoms with van der Waals surface area (Å²) in [5.74, 6) is 0.402. The molecule has 1 atom stereocenters. The summed E-state index contributed by atoms with van der Waals surface area (Å²) in [6.07, 6.45) is 0. The van der Waals surface area contributed by atoms with Gasteiger partial charge in [0.1, 0.15) is 5.75 Å². The minimum Gasteiger partial charge on any atom is -0.497 e. The van der Waals surface area contributed by atoms with E-state index in [0.717, 1.165) is 22.2 Å². The molecular weight excluding hydrogens is 378 g/mol. The Kier molecular flexibility index (Phi) is 7.03. The van der Waals surface area contributed by atoms with Crippen molar-refractivity contribution in [3.63, 3.8) is 0 Å². The van der Waals surface area contributed by atoms with Crippen molar-refractivity contribution >= 4 is 34.0 Å². The first kappa shape index (κ1) is 21.3. The number of carbonyl (C=O) groups excluding carboxylic acids is 2. The maximum absolute atomic E-state index is 12.8. The maximum Gasteiger partial charge on any atom is 0.241 e. The summed E-state index contributed by atoms with van der Waals surface area (Å²) < 4.78 is 5.12. The van der Waals surface area contributed by atoms with Gasteiger partial charge in [-0.15, -0.1) is 0 Å². The highest BCUT2D eigenvalue weighted by molar-refractivity contribution is 5.98. The van der Waals surface area contributed by atoms with E-state index in [4.69, 9.17) is 4.74 Å². The van der Waals surface area contributed by atoms with Crippen LogP contribution in [-0.2, 0) is 9.59 Å². The molecule has 0 saturated heterocycles. The van der Waals surface area contributed by atoms with E-state index in [-0.39, 0.29) is 18.4 Å². The summed E-state index contributed by atoms with van der Waals surface area (Å²) >= 11 is 0. The van der Waals surface area contributed by atoms with Crippen molar-refractivity contribution in [2.24, 2.45) is 0 Å². The molecule has 3 aromatic carbocycles. The minimum absolute atomic E-state index is 0.120. The molecule has 3 aromatic rings. The fourth-order valence-electron chi connectivity index (χ4n) is 3.26. The van der Waals surface area contributed by atoms with Crippen LogP contribution in [0.3, 0.4) is 0 Å². The van der Waals surface area contributed by atoms with Gasteiger partial charge in [0, 0.05) is 11.4 Å². The first-order valence-electron chi connectivity index (χ1n) is 9.97. The number of benzene rings is 3. The van der Waals surface area contributed by atoms with E-state index in [9.17, 15) is 9.59 Å². The highest BCUT2D eigenvalue weighted by Gasteiger charge is 2.22.